The quantitative estimate of drug-likeness (QED) is 0.496. The Balaban J connectivity index is 1.87. The molecule has 1 aromatic carbocycles. The monoisotopic (exact) mass is 445 g/mol. The number of hydrogen-bond acceptors (Lipinski definition) is 5. The number of hydrogen-bond donors (Lipinski definition) is 0. The highest BCUT2D eigenvalue weighted by Crippen LogP contribution is 2.27. The Labute approximate surface area is 184 Å². The van der Waals surface area contributed by atoms with Gasteiger partial charge in [-0.25, -0.2) is 13.4 Å². The van der Waals surface area contributed by atoms with Gasteiger partial charge in [0.2, 0.25) is 20.9 Å². The van der Waals surface area contributed by atoms with Crippen LogP contribution in [-0.4, -0.2) is 49.0 Å². The van der Waals surface area contributed by atoms with Crippen LogP contribution >= 0.6 is 0 Å². The molecule has 0 saturated heterocycles. The first-order valence-electron chi connectivity index (χ1n) is 10.7. The molecule has 1 aliphatic carbocycles. The van der Waals surface area contributed by atoms with Crippen molar-refractivity contribution in [2.24, 2.45) is 5.92 Å². The largest absolute Gasteiger partial charge is 0.383 e. The molecule has 3 rings (SSSR count). The smallest absolute Gasteiger partial charge is 0.228 e. The molecule has 0 unspecified atom stereocenters. The van der Waals surface area contributed by atoms with Crippen LogP contribution in [0.5, 0.6) is 0 Å². The van der Waals surface area contributed by atoms with Crippen LogP contribution in [0.15, 0.2) is 54.3 Å². The fourth-order valence-corrected chi connectivity index (χ4v) is 5.55. The molecule has 168 valence electrons. The van der Waals surface area contributed by atoms with E-state index in [1.165, 1.54) is 0 Å². The summed E-state index contributed by atoms with van der Waals surface area (Å²) >= 11 is 0. The van der Waals surface area contributed by atoms with Crippen molar-refractivity contribution in [2.75, 3.05) is 20.3 Å². The summed E-state index contributed by atoms with van der Waals surface area (Å²) < 4.78 is 33.0. The third kappa shape index (κ3) is 5.83. The lowest BCUT2D eigenvalue weighted by molar-refractivity contribution is -0.136. The SMILES string of the molecule is C=CCn1c(CN(CCOC)C(=O)C2CCCC2)cnc1S(=O)(=O)Cc1ccccc1. The Morgan fingerprint density at radius 1 is 1.29 bits per heavy atom. The van der Waals surface area contributed by atoms with Crippen molar-refractivity contribution in [2.45, 2.75) is 49.7 Å². The summed E-state index contributed by atoms with van der Waals surface area (Å²) in [6.07, 6.45) is 7.17. The van der Waals surface area contributed by atoms with E-state index in [9.17, 15) is 13.2 Å². The van der Waals surface area contributed by atoms with Crippen LogP contribution in [0.1, 0.15) is 36.9 Å². The molecule has 0 bridgehead atoms. The van der Waals surface area contributed by atoms with Gasteiger partial charge in [0.15, 0.2) is 0 Å². The zero-order valence-corrected chi connectivity index (χ0v) is 18.9. The van der Waals surface area contributed by atoms with Crippen LogP contribution in [0, 0.1) is 5.92 Å². The van der Waals surface area contributed by atoms with Crippen molar-refractivity contribution in [1.82, 2.24) is 14.5 Å². The second kappa shape index (κ2) is 10.7. The minimum absolute atomic E-state index is 0.00580. The number of aromatic nitrogens is 2. The van der Waals surface area contributed by atoms with E-state index in [0.717, 1.165) is 25.7 Å². The molecule has 0 atom stereocenters. The number of amides is 1. The maximum Gasteiger partial charge on any atom is 0.228 e. The molecule has 0 N–H and O–H groups in total. The number of imidazole rings is 1. The molecule has 31 heavy (non-hydrogen) atoms. The fourth-order valence-electron chi connectivity index (χ4n) is 4.04. The number of ether oxygens (including phenoxy) is 1. The first-order valence-corrected chi connectivity index (χ1v) is 12.3. The van der Waals surface area contributed by atoms with Crippen molar-refractivity contribution in [3.05, 3.63) is 60.4 Å². The molecule has 8 heteroatoms. The van der Waals surface area contributed by atoms with Gasteiger partial charge in [0, 0.05) is 26.1 Å². The Hall–Kier alpha value is -2.45. The van der Waals surface area contributed by atoms with Crippen molar-refractivity contribution in [3.8, 4) is 0 Å². The lowest BCUT2D eigenvalue weighted by Gasteiger charge is -2.26. The predicted octanol–water partition coefficient (Wildman–Crippen LogP) is 3.21. The van der Waals surface area contributed by atoms with Crippen LogP contribution in [0.3, 0.4) is 0 Å². The standard InChI is InChI=1S/C23H31N3O4S/c1-3-13-26-21(17-25(14-15-30-2)22(27)20-11-7-8-12-20)16-24-23(26)31(28,29)18-19-9-5-4-6-10-19/h3-6,9-10,16,20H,1,7-8,11-15,17-18H2,2H3. The highest BCUT2D eigenvalue weighted by atomic mass is 32.2. The topological polar surface area (TPSA) is 81.5 Å². The van der Waals surface area contributed by atoms with Crippen LogP contribution in [0.2, 0.25) is 0 Å². The van der Waals surface area contributed by atoms with Crippen molar-refractivity contribution in [3.63, 3.8) is 0 Å². The summed E-state index contributed by atoms with van der Waals surface area (Å²) in [7, 11) is -2.05. The summed E-state index contributed by atoms with van der Waals surface area (Å²) in [5.41, 5.74) is 1.38. The average molecular weight is 446 g/mol. The summed E-state index contributed by atoms with van der Waals surface area (Å²) in [6, 6.07) is 9.05. The predicted molar refractivity (Wildman–Crippen MR) is 119 cm³/mol. The van der Waals surface area contributed by atoms with E-state index in [4.69, 9.17) is 4.74 Å². The number of rotatable bonds is 11. The van der Waals surface area contributed by atoms with E-state index in [1.807, 2.05) is 18.2 Å². The molecule has 0 spiro atoms. The van der Waals surface area contributed by atoms with Gasteiger partial charge in [0.25, 0.3) is 0 Å². The second-order valence-electron chi connectivity index (χ2n) is 7.91. The molecule has 0 radical (unpaired) electrons. The summed E-state index contributed by atoms with van der Waals surface area (Å²) in [5, 5.41) is 0.00580. The Bertz CT molecular complexity index is 980. The van der Waals surface area contributed by atoms with Gasteiger partial charge in [0.05, 0.1) is 30.8 Å². The van der Waals surface area contributed by atoms with Gasteiger partial charge >= 0.3 is 0 Å². The van der Waals surface area contributed by atoms with Crippen molar-refractivity contribution >= 4 is 15.7 Å². The lowest BCUT2D eigenvalue weighted by atomic mass is 10.1. The molecule has 1 aromatic heterocycles. The van der Waals surface area contributed by atoms with Gasteiger partial charge < -0.3 is 14.2 Å². The maximum atomic E-state index is 13.1. The fraction of sp³-hybridized carbons (Fsp3) is 0.478. The number of nitrogens with zero attached hydrogens (tertiary/aromatic N) is 3. The number of carbonyl (C=O) groups excluding carboxylic acids is 1. The second-order valence-corrected chi connectivity index (χ2v) is 9.79. The van der Waals surface area contributed by atoms with Gasteiger partial charge in [-0.3, -0.25) is 4.79 Å². The molecule has 1 fully saturated rings. The zero-order valence-electron chi connectivity index (χ0n) is 18.1. The molecule has 0 aliphatic heterocycles. The first kappa shape index (κ1) is 23.2. The third-order valence-corrected chi connectivity index (χ3v) is 7.22. The highest BCUT2D eigenvalue weighted by Gasteiger charge is 2.29. The molecule has 1 heterocycles. The lowest BCUT2D eigenvalue weighted by Crippen LogP contribution is -2.37. The van der Waals surface area contributed by atoms with Gasteiger partial charge in [-0.2, -0.15) is 0 Å². The zero-order chi connectivity index (χ0) is 22.3. The molecular weight excluding hydrogens is 414 g/mol. The van der Waals surface area contributed by atoms with E-state index in [-0.39, 0.29) is 22.7 Å². The Morgan fingerprint density at radius 3 is 2.65 bits per heavy atom. The number of carbonyl (C=O) groups is 1. The minimum Gasteiger partial charge on any atom is -0.383 e. The molecule has 1 amide bonds. The number of benzene rings is 1. The minimum atomic E-state index is -3.66. The molecular formula is C23H31N3O4S. The molecule has 1 saturated carbocycles. The number of sulfone groups is 1. The van der Waals surface area contributed by atoms with Crippen LogP contribution in [-0.2, 0) is 38.2 Å². The van der Waals surface area contributed by atoms with E-state index >= 15 is 0 Å². The van der Waals surface area contributed by atoms with E-state index in [0.29, 0.717) is 37.5 Å². The summed E-state index contributed by atoms with van der Waals surface area (Å²) in [5.74, 6) is 0.0130. The summed E-state index contributed by atoms with van der Waals surface area (Å²) in [6.45, 7) is 5.24. The van der Waals surface area contributed by atoms with E-state index in [1.54, 1.807) is 41.0 Å². The Kier molecular flexibility index (Phi) is 8.03. The average Bonchev–Trinajstić information content (AvgIpc) is 3.42. The summed E-state index contributed by atoms with van der Waals surface area (Å²) in [4.78, 5) is 19.1. The van der Waals surface area contributed by atoms with Gasteiger partial charge in [-0.05, 0) is 18.4 Å². The van der Waals surface area contributed by atoms with Crippen molar-refractivity contribution < 1.29 is 17.9 Å². The normalized spacial score (nSPS) is 14.6. The maximum absolute atomic E-state index is 13.1. The molecule has 1 aliphatic rings. The van der Waals surface area contributed by atoms with Gasteiger partial charge in [-0.1, -0.05) is 49.2 Å². The Morgan fingerprint density at radius 2 is 2.00 bits per heavy atom. The van der Waals surface area contributed by atoms with Crippen molar-refractivity contribution in [1.29, 1.82) is 0 Å². The van der Waals surface area contributed by atoms with Crippen LogP contribution < -0.4 is 0 Å². The first-order chi connectivity index (χ1) is 15.0. The molecule has 2 aromatic rings. The number of allylic oxidation sites excluding steroid dienone is 1. The van der Waals surface area contributed by atoms with Gasteiger partial charge in [-0.15, -0.1) is 6.58 Å². The highest BCUT2D eigenvalue weighted by molar-refractivity contribution is 7.90. The third-order valence-electron chi connectivity index (χ3n) is 5.63. The van der Waals surface area contributed by atoms with Crippen LogP contribution in [0.4, 0.5) is 0 Å². The van der Waals surface area contributed by atoms with Crippen LogP contribution in [0.25, 0.3) is 0 Å². The molecule has 7 nitrogen and oxygen atoms in total. The van der Waals surface area contributed by atoms with E-state index in [2.05, 4.69) is 11.6 Å². The number of methoxy groups -OCH3 is 1. The van der Waals surface area contributed by atoms with Gasteiger partial charge in [0.1, 0.15) is 0 Å². The van der Waals surface area contributed by atoms with E-state index < -0.39 is 9.84 Å².